The second-order valence-electron chi connectivity index (χ2n) is 5.57. The van der Waals surface area contributed by atoms with Crippen molar-refractivity contribution >= 4 is 23.5 Å². The van der Waals surface area contributed by atoms with Crippen molar-refractivity contribution in [3.05, 3.63) is 51.3 Å². The van der Waals surface area contributed by atoms with E-state index in [9.17, 15) is 14.4 Å². The average Bonchev–Trinajstić information content (AvgIpc) is 3.11. The zero-order valence-electron chi connectivity index (χ0n) is 14.2. The Balaban J connectivity index is 1.55. The molecule has 1 aliphatic heterocycles. The van der Waals surface area contributed by atoms with Gasteiger partial charge in [-0.1, -0.05) is 11.8 Å². The number of nitrogens with zero attached hydrogens (tertiary/aromatic N) is 1. The van der Waals surface area contributed by atoms with E-state index >= 15 is 0 Å². The molecule has 9 heteroatoms. The fraction of sp³-hybridized carbons (Fsp3) is 0.222. The van der Waals surface area contributed by atoms with Crippen LogP contribution in [0.4, 0.5) is 0 Å². The molecule has 0 unspecified atom stereocenters. The van der Waals surface area contributed by atoms with Crippen LogP contribution >= 0.6 is 11.8 Å². The molecular weight excluding hydrogens is 372 g/mol. The number of hydrogen-bond donors (Lipinski definition) is 1. The highest BCUT2D eigenvalue weighted by molar-refractivity contribution is 7.99. The molecule has 3 rings (SSSR count). The van der Waals surface area contributed by atoms with Gasteiger partial charge in [-0.05, 0) is 30.7 Å². The standard InChI is InChI=1S/C18H14N2O6S/c1-10-4-16(22)20-18(12(10)6-19)27-8-17(23)24-7-13(21)11-2-3-14-15(5-11)26-9-25-14/h2-5H,7-9H2,1H3,(H,20,22). The van der Waals surface area contributed by atoms with Crippen molar-refractivity contribution in [3.8, 4) is 17.6 Å². The van der Waals surface area contributed by atoms with Crippen molar-refractivity contribution < 1.29 is 23.8 Å². The number of benzene rings is 1. The van der Waals surface area contributed by atoms with Gasteiger partial charge in [0.15, 0.2) is 23.9 Å². The Kier molecular flexibility index (Phi) is 5.47. The van der Waals surface area contributed by atoms with Crippen LogP contribution in [-0.4, -0.2) is 35.9 Å². The maximum absolute atomic E-state index is 12.1. The summed E-state index contributed by atoms with van der Waals surface area (Å²) in [5.41, 5.74) is 0.800. The van der Waals surface area contributed by atoms with Crippen LogP contribution in [0.3, 0.4) is 0 Å². The van der Waals surface area contributed by atoms with E-state index in [-0.39, 0.29) is 23.9 Å². The lowest BCUT2D eigenvalue weighted by atomic mass is 10.1. The van der Waals surface area contributed by atoms with Crippen LogP contribution in [0.15, 0.2) is 34.1 Å². The third kappa shape index (κ3) is 4.30. The number of carbonyl (C=O) groups excluding carboxylic acids is 2. The van der Waals surface area contributed by atoms with Crippen molar-refractivity contribution in [2.24, 2.45) is 0 Å². The van der Waals surface area contributed by atoms with Gasteiger partial charge in [0.25, 0.3) is 0 Å². The first-order valence-electron chi connectivity index (χ1n) is 7.83. The van der Waals surface area contributed by atoms with Gasteiger partial charge < -0.3 is 19.2 Å². The van der Waals surface area contributed by atoms with Crippen molar-refractivity contribution in [1.82, 2.24) is 4.98 Å². The Morgan fingerprint density at radius 3 is 2.85 bits per heavy atom. The monoisotopic (exact) mass is 386 g/mol. The van der Waals surface area contributed by atoms with Crippen LogP contribution in [-0.2, 0) is 9.53 Å². The van der Waals surface area contributed by atoms with Crippen molar-refractivity contribution in [1.29, 1.82) is 5.26 Å². The molecule has 1 aromatic heterocycles. The van der Waals surface area contributed by atoms with Crippen LogP contribution in [0.25, 0.3) is 0 Å². The first kappa shape index (κ1) is 18.5. The van der Waals surface area contributed by atoms with E-state index in [0.717, 1.165) is 11.8 Å². The summed E-state index contributed by atoms with van der Waals surface area (Å²) in [5, 5.41) is 9.45. The van der Waals surface area contributed by atoms with Crippen molar-refractivity contribution in [2.75, 3.05) is 19.2 Å². The van der Waals surface area contributed by atoms with Gasteiger partial charge >= 0.3 is 5.97 Å². The molecule has 138 valence electrons. The van der Waals surface area contributed by atoms with Gasteiger partial charge in [0.1, 0.15) is 6.07 Å². The number of nitrogens with one attached hydrogen (secondary N) is 1. The van der Waals surface area contributed by atoms with Crippen LogP contribution < -0.4 is 15.0 Å². The Hall–Kier alpha value is -3.25. The number of thioether (sulfide) groups is 1. The highest BCUT2D eigenvalue weighted by Crippen LogP contribution is 2.32. The number of hydrogen-bond acceptors (Lipinski definition) is 8. The van der Waals surface area contributed by atoms with E-state index in [1.807, 2.05) is 6.07 Å². The normalized spacial score (nSPS) is 11.7. The molecule has 1 N–H and O–H groups in total. The summed E-state index contributed by atoms with van der Waals surface area (Å²) in [4.78, 5) is 38.1. The lowest BCUT2D eigenvalue weighted by Gasteiger charge is -2.07. The predicted molar refractivity (Wildman–Crippen MR) is 95.1 cm³/mol. The minimum absolute atomic E-state index is 0.102. The summed E-state index contributed by atoms with van der Waals surface area (Å²) in [7, 11) is 0. The van der Waals surface area contributed by atoms with Crippen molar-refractivity contribution in [2.45, 2.75) is 11.9 Å². The van der Waals surface area contributed by atoms with Gasteiger partial charge in [-0.15, -0.1) is 0 Å². The number of Topliss-reactive ketones (excluding diaryl/α,β-unsaturated/α-hetero) is 1. The van der Waals surface area contributed by atoms with Gasteiger partial charge in [-0.25, -0.2) is 0 Å². The first-order chi connectivity index (χ1) is 13.0. The lowest BCUT2D eigenvalue weighted by molar-refractivity contribution is -0.139. The summed E-state index contributed by atoms with van der Waals surface area (Å²) in [5.74, 6) is -0.146. The molecule has 2 heterocycles. The topological polar surface area (TPSA) is 118 Å². The minimum Gasteiger partial charge on any atom is -0.457 e. The van der Waals surface area contributed by atoms with Crippen LogP contribution in [0.5, 0.6) is 11.5 Å². The minimum atomic E-state index is -0.639. The number of pyridine rings is 1. The molecule has 0 spiro atoms. The molecule has 0 amide bonds. The summed E-state index contributed by atoms with van der Waals surface area (Å²) in [6.45, 7) is 1.32. The molecular formula is C18H14N2O6S. The van der Waals surface area contributed by atoms with Gasteiger partial charge in [0.2, 0.25) is 12.4 Å². The summed E-state index contributed by atoms with van der Waals surface area (Å²) < 4.78 is 15.4. The molecule has 0 atom stereocenters. The van der Waals surface area contributed by atoms with E-state index in [4.69, 9.17) is 19.5 Å². The summed E-state index contributed by atoms with van der Waals surface area (Å²) in [6, 6.07) is 8.01. The molecule has 8 nitrogen and oxygen atoms in total. The average molecular weight is 386 g/mol. The second kappa shape index (κ2) is 7.97. The Morgan fingerprint density at radius 1 is 1.30 bits per heavy atom. The number of rotatable bonds is 6. The molecule has 0 saturated heterocycles. The van der Waals surface area contributed by atoms with Gasteiger partial charge in [0.05, 0.1) is 16.3 Å². The number of carbonyl (C=O) groups is 2. The highest BCUT2D eigenvalue weighted by Gasteiger charge is 2.18. The molecule has 27 heavy (non-hydrogen) atoms. The third-order valence-corrected chi connectivity index (χ3v) is 4.69. The van der Waals surface area contributed by atoms with Crippen LogP contribution in [0.2, 0.25) is 0 Å². The molecule has 0 saturated carbocycles. The molecule has 0 bridgehead atoms. The van der Waals surface area contributed by atoms with E-state index in [0.29, 0.717) is 33.2 Å². The molecule has 0 radical (unpaired) electrons. The first-order valence-corrected chi connectivity index (χ1v) is 8.82. The summed E-state index contributed by atoms with van der Waals surface area (Å²) >= 11 is 0.971. The number of ketones is 1. The van der Waals surface area contributed by atoms with Gasteiger partial charge in [0, 0.05) is 11.6 Å². The van der Waals surface area contributed by atoms with Gasteiger partial charge in [-0.2, -0.15) is 5.26 Å². The number of H-pyrrole nitrogens is 1. The smallest absolute Gasteiger partial charge is 0.316 e. The van der Waals surface area contributed by atoms with E-state index in [1.165, 1.54) is 12.1 Å². The number of aryl methyl sites for hydroxylation is 1. The SMILES string of the molecule is Cc1cc(=O)[nH]c(SCC(=O)OCC(=O)c2ccc3c(c2)OCO3)c1C#N. The maximum Gasteiger partial charge on any atom is 0.316 e. The van der Waals surface area contributed by atoms with Crippen LogP contribution in [0.1, 0.15) is 21.5 Å². The lowest BCUT2D eigenvalue weighted by Crippen LogP contribution is -2.16. The fourth-order valence-corrected chi connectivity index (χ4v) is 3.25. The number of ether oxygens (including phenoxy) is 3. The molecule has 2 aromatic rings. The zero-order chi connectivity index (χ0) is 19.4. The molecule has 0 aliphatic carbocycles. The number of aromatic amines is 1. The fourth-order valence-electron chi connectivity index (χ4n) is 2.38. The summed E-state index contributed by atoms with van der Waals surface area (Å²) in [6.07, 6.45) is 0. The maximum atomic E-state index is 12.1. The largest absolute Gasteiger partial charge is 0.457 e. The number of aromatic nitrogens is 1. The van der Waals surface area contributed by atoms with E-state index in [1.54, 1.807) is 19.1 Å². The van der Waals surface area contributed by atoms with E-state index < -0.39 is 12.6 Å². The van der Waals surface area contributed by atoms with Gasteiger partial charge in [-0.3, -0.25) is 14.4 Å². The van der Waals surface area contributed by atoms with E-state index in [2.05, 4.69) is 4.98 Å². The quantitative estimate of drug-likeness (QED) is 0.454. The Bertz CT molecular complexity index is 1010. The second-order valence-corrected chi connectivity index (χ2v) is 6.56. The molecule has 0 fully saturated rings. The third-order valence-electron chi connectivity index (χ3n) is 3.71. The van der Waals surface area contributed by atoms with Crippen LogP contribution in [0, 0.1) is 18.3 Å². The highest BCUT2D eigenvalue weighted by atomic mass is 32.2. The Labute approximate surface area is 158 Å². The zero-order valence-corrected chi connectivity index (χ0v) is 15.1. The molecule has 1 aromatic carbocycles. The Morgan fingerprint density at radius 2 is 2.07 bits per heavy atom. The number of fused-ring (bicyclic) bond motifs is 1. The van der Waals surface area contributed by atoms with Crippen molar-refractivity contribution in [3.63, 3.8) is 0 Å². The number of nitriles is 1. The predicted octanol–water partition coefficient (Wildman–Crippen LogP) is 1.80. The number of esters is 1. The molecule has 1 aliphatic rings.